The van der Waals surface area contributed by atoms with Crippen molar-refractivity contribution in [3.8, 4) is 5.75 Å². The molecule has 0 unspecified atom stereocenters. The summed E-state index contributed by atoms with van der Waals surface area (Å²) in [4.78, 5) is 26.4. The molecule has 0 atom stereocenters. The van der Waals surface area contributed by atoms with Crippen LogP contribution in [0.1, 0.15) is 41.2 Å². The number of hydrogen-bond acceptors (Lipinski definition) is 4. The number of nitrogens with one attached hydrogen (secondary N) is 1. The first-order chi connectivity index (χ1) is 15.8. The van der Waals surface area contributed by atoms with Gasteiger partial charge in [-0.3, -0.25) is 14.3 Å². The summed E-state index contributed by atoms with van der Waals surface area (Å²) < 4.78 is 7.49. The highest BCUT2D eigenvalue weighted by Crippen LogP contribution is 2.28. The first-order valence-electron chi connectivity index (χ1n) is 10.9. The van der Waals surface area contributed by atoms with Crippen LogP contribution in [0.25, 0.3) is 0 Å². The number of carbonyl (C=O) groups is 2. The minimum absolute atomic E-state index is 0.0862. The van der Waals surface area contributed by atoms with Crippen LogP contribution in [0.15, 0.2) is 48.5 Å². The van der Waals surface area contributed by atoms with Crippen molar-refractivity contribution in [1.29, 1.82) is 0 Å². The van der Waals surface area contributed by atoms with Crippen molar-refractivity contribution in [3.63, 3.8) is 0 Å². The van der Waals surface area contributed by atoms with Crippen LogP contribution in [0, 0.1) is 13.8 Å². The van der Waals surface area contributed by atoms with Gasteiger partial charge in [-0.1, -0.05) is 23.7 Å². The third-order valence-corrected chi connectivity index (χ3v) is 5.60. The minimum Gasteiger partial charge on any atom is -0.482 e. The predicted octanol–water partition coefficient (Wildman–Crippen LogP) is 4.70. The van der Waals surface area contributed by atoms with Crippen molar-refractivity contribution in [3.05, 3.63) is 76.1 Å². The van der Waals surface area contributed by atoms with E-state index < -0.39 is 0 Å². The lowest BCUT2D eigenvalue weighted by Crippen LogP contribution is -2.34. The number of rotatable bonds is 9. The average Bonchev–Trinajstić information content (AvgIpc) is 3.10. The molecule has 0 aliphatic rings. The van der Waals surface area contributed by atoms with Gasteiger partial charge in [0.1, 0.15) is 5.75 Å². The van der Waals surface area contributed by atoms with Gasteiger partial charge in [-0.25, -0.2) is 0 Å². The molecule has 0 bridgehead atoms. The third-order valence-electron chi connectivity index (χ3n) is 5.31. The van der Waals surface area contributed by atoms with Crippen LogP contribution in [0.5, 0.6) is 5.75 Å². The van der Waals surface area contributed by atoms with E-state index in [1.54, 1.807) is 35.2 Å². The lowest BCUT2D eigenvalue weighted by molar-refractivity contribution is -0.132. The summed E-state index contributed by atoms with van der Waals surface area (Å²) in [6, 6.07) is 14.4. The summed E-state index contributed by atoms with van der Waals surface area (Å²) in [6.07, 6.45) is 0. The van der Waals surface area contributed by atoms with Gasteiger partial charge in [0, 0.05) is 30.0 Å². The van der Waals surface area contributed by atoms with Crippen molar-refractivity contribution < 1.29 is 14.3 Å². The maximum Gasteiger partial charge on any atom is 0.260 e. The largest absolute Gasteiger partial charge is 0.482 e. The molecule has 0 aliphatic heterocycles. The Kier molecular flexibility index (Phi) is 8.11. The van der Waals surface area contributed by atoms with Crippen LogP contribution in [0.3, 0.4) is 0 Å². The highest BCUT2D eigenvalue weighted by atomic mass is 35.5. The molecule has 1 heterocycles. The number of nitrogens with zero attached hydrogens (tertiary/aromatic N) is 3. The molecule has 0 saturated heterocycles. The maximum atomic E-state index is 12.6. The molecule has 0 aliphatic carbocycles. The highest BCUT2D eigenvalue weighted by Gasteiger charge is 2.13. The molecule has 2 amide bonds. The number of hydrogen-bond donors (Lipinski definition) is 1. The Bertz CT molecular complexity index is 1120. The Labute approximate surface area is 199 Å². The minimum atomic E-state index is -0.242. The van der Waals surface area contributed by atoms with Gasteiger partial charge in [-0.2, -0.15) is 5.10 Å². The zero-order chi connectivity index (χ0) is 24.0. The van der Waals surface area contributed by atoms with Gasteiger partial charge in [-0.15, -0.1) is 0 Å². The average molecular weight is 469 g/mol. The van der Waals surface area contributed by atoms with E-state index in [-0.39, 0.29) is 18.4 Å². The van der Waals surface area contributed by atoms with Gasteiger partial charge in [0.15, 0.2) is 6.61 Å². The topological polar surface area (TPSA) is 76.5 Å². The molecule has 1 N–H and O–H groups in total. The van der Waals surface area contributed by atoms with E-state index in [2.05, 4.69) is 10.4 Å². The van der Waals surface area contributed by atoms with Gasteiger partial charge in [0.25, 0.3) is 11.8 Å². The molecular weight excluding hydrogens is 440 g/mol. The molecule has 1 aromatic heterocycles. The molecule has 33 heavy (non-hydrogen) atoms. The molecule has 0 spiro atoms. The second-order valence-electron chi connectivity index (χ2n) is 7.74. The summed E-state index contributed by atoms with van der Waals surface area (Å²) in [5.41, 5.74) is 4.21. The number of carbonyl (C=O) groups excluding carboxylic acids is 2. The summed E-state index contributed by atoms with van der Waals surface area (Å²) in [6.45, 7) is 9.63. The summed E-state index contributed by atoms with van der Waals surface area (Å²) in [5.74, 6) is 0.0486. The zero-order valence-electron chi connectivity index (χ0n) is 19.4. The molecule has 3 aromatic rings. The van der Waals surface area contributed by atoms with Gasteiger partial charge in [-0.05, 0) is 69.7 Å². The van der Waals surface area contributed by atoms with Crippen LogP contribution in [0.4, 0.5) is 5.69 Å². The summed E-state index contributed by atoms with van der Waals surface area (Å²) in [7, 11) is 0. The first kappa shape index (κ1) is 24.3. The van der Waals surface area contributed by atoms with Gasteiger partial charge in [0.2, 0.25) is 0 Å². The molecule has 2 aromatic carbocycles. The third kappa shape index (κ3) is 6.35. The number of benzene rings is 2. The molecule has 174 valence electrons. The Balaban J connectivity index is 1.59. The Hall–Kier alpha value is -3.32. The van der Waals surface area contributed by atoms with E-state index in [1.165, 1.54) is 0 Å². The number of ether oxygens (including phenoxy) is 1. The highest BCUT2D eigenvalue weighted by molar-refractivity contribution is 6.32. The number of halogens is 1. The molecule has 0 radical (unpaired) electrons. The first-order valence-corrected chi connectivity index (χ1v) is 11.3. The van der Waals surface area contributed by atoms with Crippen LogP contribution >= 0.6 is 11.6 Å². The maximum absolute atomic E-state index is 12.6. The number of likely N-dealkylation sites (N-methyl/N-ethyl adjacent to an activating group) is 1. The Morgan fingerprint density at radius 1 is 1.06 bits per heavy atom. The van der Waals surface area contributed by atoms with E-state index >= 15 is 0 Å². The van der Waals surface area contributed by atoms with E-state index in [0.717, 1.165) is 17.0 Å². The molecule has 3 rings (SSSR count). The van der Waals surface area contributed by atoms with Crippen LogP contribution in [-0.2, 0) is 11.3 Å². The predicted molar refractivity (Wildman–Crippen MR) is 130 cm³/mol. The number of aryl methyl sites for hydroxylation is 2. The van der Waals surface area contributed by atoms with Crippen molar-refractivity contribution in [2.75, 3.05) is 25.0 Å². The van der Waals surface area contributed by atoms with Crippen molar-refractivity contribution in [2.45, 2.75) is 34.2 Å². The standard InChI is InChI=1S/C25H29ClN4O3/c1-5-29(6-2)24(31)16-33-23-12-11-21(14-22(23)26)27-25(32)20-9-7-19(8-10-20)15-30-18(4)13-17(3)28-30/h7-14H,5-6,15-16H2,1-4H3,(H,27,32). The molecule has 0 fully saturated rings. The number of anilines is 1. The Morgan fingerprint density at radius 2 is 1.76 bits per heavy atom. The SMILES string of the molecule is CCN(CC)C(=O)COc1ccc(NC(=O)c2ccc(Cn3nc(C)cc3C)cc2)cc1Cl. The fourth-order valence-electron chi connectivity index (χ4n) is 3.48. The molecule has 7 nitrogen and oxygen atoms in total. The van der Waals surface area contributed by atoms with E-state index in [9.17, 15) is 9.59 Å². The summed E-state index contributed by atoms with van der Waals surface area (Å²) in [5, 5.41) is 7.63. The van der Waals surface area contributed by atoms with E-state index in [4.69, 9.17) is 16.3 Å². The summed E-state index contributed by atoms with van der Waals surface area (Å²) >= 11 is 6.29. The quantitative estimate of drug-likeness (QED) is 0.493. The number of aromatic nitrogens is 2. The van der Waals surface area contributed by atoms with Crippen LogP contribution in [0.2, 0.25) is 5.02 Å². The molecular formula is C25H29ClN4O3. The van der Waals surface area contributed by atoms with Crippen LogP contribution in [-0.4, -0.2) is 46.2 Å². The monoisotopic (exact) mass is 468 g/mol. The van der Waals surface area contributed by atoms with E-state index in [1.807, 2.05) is 50.6 Å². The molecule has 0 saturated carbocycles. The normalized spacial score (nSPS) is 10.7. The van der Waals surface area contributed by atoms with Gasteiger partial charge < -0.3 is 15.0 Å². The molecule has 8 heteroatoms. The smallest absolute Gasteiger partial charge is 0.260 e. The lowest BCUT2D eigenvalue weighted by Gasteiger charge is -2.19. The fraction of sp³-hybridized carbons (Fsp3) is 0.320. The fourth-order valence-corrected chi connectivity index (χ4v) is 3.71. The van der Waals surface area contributed by atoms with Crippen molar-refractivity contribution in [1.82, 2.24) is 14.7 Å². The second-order valence-corrected chi connectivity index (χ2v) is 8.14. The van der Waals surface area contributed by atoms with Crippen molar-refractivity contribution >= 4 is 29.1 Å². The van der Waals surface area contributed by atoms with Gasteiger partial charge >= 0.3 is 0 Å². The van der Waals surface area contributed by atoms with Crippen molar-refractivity contribution in [2.24, 2.45) is 0 Å². The Morgan fingerprint density at radius 3 is 2.33 bits per heavy atom. The van der Waals surface area contributed by atoms with Gasteiger partial charge in [0.05, 0.1) is 17.3 Å². The van der Waals surface area contributed by atoms with E-state index in [0.29, 0.717) is 41.7 Å². The van der Waals surface area contributed by atoms with Crippen LogP contribution < -0.4 is 10.1 Å². The number of amides is 2. The zero-order valence-corrected chi connectivity index (χ0v) is 20.1. The lowest BCUT2D eigenvalue weighted by atomic mass is 10.1. The second kappa shape index (κ2) is 11.0.